The molecule has 36 heavy (non-hydrogen) atoms. The van der Waals surface area contributed by atoms with Crippen molar-refractivity contribution in [2.75, 3.05) is 13.1 Å². The summed E-state index contributed by atoms with van der Waals surface area (Å²) in [5.74, 6) is 0.599. The number of halogens is 1. The molecule has 10 atom stereocenters. The maximum Gasteiger partial charge on any atom is 0.335 e. The van der Waals surface area contributed by atoms with Gasteiger partial charge in [0.05, 0.1) is 17.5 Å². The smallest absolute Gasteiger partial charge is 0.335 e. The van der Waals surface area contributed by atoms with Crippen molar-refractivity contribution >= 4 is 0 Å². The molecule has 4 N–H and O–H groups in total. The number of hydrogen-bond acceptors (Lipinski definition) is 6. The first-order chi connectivity index (χ1) is 17.1. The van der Waals surface area contributed by atoms with Crippen molar-refractivity contribution < 1.29 is 19.0 Å². The lowest BCUT2D eigenvalue weighted by Gasteiger charge is -2.66. The molecule has 5 fully saturated rings. The summed E-state index contributed by atoms with van der Waals surface area (Å²) in [6.45, 7) is 5.75. The highest BCUT2D eigenvalue weighted by Crippen LogP contribution is 2.71. The van der Waals surface area contributed by atoms with Gasteiger partial charge in [-0.15, -0.1) is 0 Å². The van der Waals surface area contributed by atoms with Gasteiger partial charge in [0.15, 0.2) is 0 Å². The van der Waals surface area contributed by atoms with Crippen LogP contribution in [-0.2, 0) is 0 Å². The Hall–Kier alpha value is -1.28. The van der Waals surface area contributed by atoms with Crippen LogP contribution in [0.3, 0.4) is 0 Å². The number of piperidine rings is 1. The third-order valence-corrected chi connectivity index (χ3v) is 12.0. The number of alkyl halides is 1. The molecule has 1 unspecified atom stereocenters. The fourth-order valence-corrected chi connectivity index (χ4v) is 9.78. The second-order valence-corrected chi connectivity index (χ2v) is 13.3. The molecule has 4 aliphatic carbocycles. The summed E-state index contributed by atoms with van der Waals surface area (Å²) in [6, 6.07) is 3.38. The third kappa shape index (κ3) is 3.52. The minimum Gasteiger partial charge on any atom is -0.431 e. The Morgan fingerprint density at radius 2 is 1.78 bits per heavy atom. The van der Waals surface area contributed by atoms with Crippen LogP contribution in [0.15, 0.2) is 27.6 Å². The molecule has 1 aromatic heterocycles. The highest BCUT2D eigenvalue weighted by Gasteiger charge is 2.69. The molecule has 5 aliphatic rings. The largest absolute Gasteiger partial charge is 0.431 e. The number of nitrogens with one attached hydrogen (secondary N) is 2. The van der Waals surface area contributed by atoms with Crippen molar-refractivity contribution in [3.63, 3.8) is 0 Å². The number of rotatable bonds is 3. The summed E-state index contributed by atoms with van der Waals surface area (Å²) in [4.78, 5) is 11.5. The zero-order valence-corrected chi connectivity index (χ0v) is 21.8. The van der Waals surface area contributed by atoms with E-state index >= 15 is 0 Å². The molecule has 7 heteroatoms. The van der Waals surface area contributed by atoms with E-state index in [4.69, 9.17) is 4.42 Å². The van der Waals surface area contributed by atoms with Gasteiger partial charge in [0.2, 0.25) is 0 Å². The molecule has 1 aliphatic heterocycles. The molecule has 2 heterocycles. The van der Waals surface area contributed by atoms with Gasteiger partial charge in [-0.25, -0.2) is 9.18 Å². The minimum atomic E-state index is -0.879. The van der Waals surface area contributed by atoms with E-state index < -0.39 is 17.4 Å². The Bertz CT molecular complexity index is 1030. The molecular formula is C29H43FN2O4. The van der Waals surface area contributed by atoms with E-state index in [1.807, 2.05) is 6.07 Å². The highest BCUT2D eigenvalue weighted by atomic mass is 19.1. The summed E-state index contributed by atoms with van der Waals surface area (Å²) in [5.41, 5.74) is -1.41. The van der Waals surface area contributed by atoms with Crippen molar-refractivity contribution in [2.45, 2.75) is 113 Å². The van der Waals surface area contributed by atoms with Crippen LogP contribution in [-0.4, -0.2) is 52.8 Å². The predicted molar refractivity (Wildman–Crippen MR) is 135 cm³/mol. The summed E-state index contributed by atoms with van der Waals surface area (Å²) in [7, 11) is 0. The molecule has 0 aromatic carbocycles. The Labute approximate surface area is 213 Å². The fourth-order valence-electron chi connectivity index (χ4n) is 9.78. The molecule has 1 saturated heterocycles. The monoisotopic (exact) mass is 502 g/mol. The second-order valence-electron chi connectivity index (χ2n) is 13.3. The first-order valence-electron chi connectivity index (χ1n) is 14.2. The van der Waals surface area contributed by atoms with Gasteiger partial charge in [-0.1, -0.05) is 13.8 Å². The van der Waals surface area contributed by atoms with Crippen LogP contribution in [0.5, 0.6) is 0 Å². The average molecular weight is 503 g/mol. The Morgan fingerprint density at radius 1 is 1.00 bits per heavy atom. The topological polar surface area (TPSA) is 94.7 Å². The molecule has 0 spiro atoms. The van der Waals surface area contributed by atoms with Crippen LogP contribution in [0.4, 0.5) is 4.39 Å². The molecule has 6 rings (SSSR count). The van der Waals surface area contributed by atoms with Gasteiger partial charge in [-0.2, -0.15) is 0 Å². The van der Waals surface area contributed by atoms with Crippen LogP contribution >= 0.6 is 0 Å². The van der Waals surface area contributed by atoms with Crippen LogP contribution in [0, 0.1) is 22.7 Å². The maximum absolute atomic E-state index is 14.5. The lowest BCUT2D eigenvalue weighted by Crippen LogP contribution is -2.68. The second kappa shape index (κ2) is 8.62. The van der Waals surface area contributed by atoms with Crippen molar-refractivity contribution in [1.82, 2.24) is 10.6 Å². The van der Waals surface area contributed by atoms with Gasteiger partial charge in [0.25, 0.3) is 0 Å². The molecule has 6 nitrogen and oxygen atoms in total. The van der Waals surface area contributed by atoms with Crippen LogP contribution in [0.2, 0.25) is 0 Å². The van der Waals surface area contributed by atoms with Crippen LogP contribution in [0.25, 0.3) is 0 Å². The molecule has 200 valence electrons. The summed E-state index contributed by atoms with van der Waals surface area (Å²) < 4.78 is 19.7. The van der Waals surface area contributed by atoms with Gasteiger partial charge in [0.1, 0.15) is 6.17 Å². The maximum atomic E-state index is 14.5. The summed E-state index contributed by atoms with van der Waals surface area (Å²) in [5, 5.41) is 31.2. The van der Waals surface area contributed by atoms with E-state index in [0.717, 1.165) is 63.5 Å². The van der Waals surface area contributed by atoms with E-state index in [1.165, 1.54) is 6.07 Å². The molecule has 4 saturated carbocycles. The van der Waals surface area contributed by atoms with Crippen LogP contribution < -0.4 is 16.3 Å². The first-order valence-corrected chi connectivity index (χ1v) is 14.2. The Morgan fingerprint density at radius 3 is 2.53 bits per heavy atom. The van der Waals surface area contributed by atoms with E-state index in [0.29, 0.717) is 19.4 Å². The highest BCUT2D eigenvalue weighted by molar-refractivity contribution is 5.28. The summed E-state index contributed by atoms with van der Waals surface area (Å²) >= 11 is 0. The van der Waals surface area contributed by atoms with Gasteiger partial charge in [-0.3, -0.25) is 0 Å². The average Bonchev–Trinajstić information content (AvgIpc) is 3.13. The minimum absolute atomic E-state index is 0.130. The lowest BCUT2D eigenvalue weighted by molar-refractivity contribution is -0.247. The Kier molecular flexibility index (Phi) is 5.99. The van der Waals surface area contributed by atoms with E-state index in [-0.39, 0.29) is 46.3 Å². The van der Waals surface area contributed by atoms with Gasteiger partial charge >= 0.3 is 5.63 Å². The number of hydrogen-bond donors (Lipinski definition) is 4. The standard InChI is InChI=1S/C29H43FN2O4/c1-26-10-5-19(32-24-9-14-31-16-23(24)30)15-28(26,34)12-7-22-21(26)6-11-27(2)20(8-13-29(22,27)35)18-3-4-25(33)36-17-18/h3-4,17,19-24,31-32,34-35H,5-16H2,1-2H3/t19-,20+,21-,22+,23-,24?,26+,27+,28-,29-/m0/s1. The van der Waals surface area contributed by atoms with Gasteiger partial charge < -0.3 is 25.3 Å². The zero-order valence-electron chi connectivity index (χ0n) is 21.8. The SMILES string of the molecule is C[C@]12CC[C@H](NC3CCNC[C@@H]3F)C[C@@]1(O)CC[C@@H]1[C@@H]2CC[C@]2(C)[C@@H](c3ccc(=O)oc3)CC[C@]12O. The van der Waals surface area contributed by atoms with Crippen LogP contribution in [0.1, 0.15) is 89.5 Å². The number of fused-ring (bicyclic) bond motifs is 5. The molecule has 1 aromatic rings. The van der Waals surface area contributed by atoms with E-state index in [9.17, 15) is 19.4 Å². The van der Waals surface area contributed by atoms with Gasteiger partial charge in [0, 0.05) is 30.1 Å². The van der Waals surface area contributed by atoms with Crippen molar-refractivity contribution in [3.8, 4) is 0 Å². The molecular weight excluding hydrogens is 459 g/mol. The van der Waals surface area contributed by atoms with E-state index in [1.54, 1.807) is 6.26 Å². The normalized spacial score (nSPS) is 50.7. The van der Waals surface area contributed by atoms with Crippen molar-refractivity contribution in [2.24, 2.45) is 22.7 Å². The number of aliphatic hydroxyl groups is 2. The Balaban J connectivity index is 1.22. The van der Waals surface area contributed by atoms with E-state index in [2.05, 4.69) is 24.5 Å². The molecule has 0 bridgehead atoms. The quantitative estimate of drug-likeness (QED) is 0.504. The fraction of sp³-hybridized carbons (Fsp3) is 0.828. The van der Waals surface area contributed by atoms with Crippen molar-refractivity contribution in [3.05, 3.63) is 34.4 Å². The predicted octanol–water partition coefficient (Wildman–Crippen LogP) is 3.65. The first kappa shape index (κ1) is 25.0. The third-order valence-electron chi connectivity index (χ3n) is 12.0. The zero-order chi connectivity index (χ0) is 25.3. The van der Waals surface area contributed by atoms with Gasteiger partial charge in [-0.05, 0) is 106 Å². The lowest BCUT2D eigenvalue weighted by atomic mass is 9.42. The molecule has 0 radical (unpaired) electrons. The van der Waals surface area contributed by atoms with Crippen molar-refractivity contribution in [1.29, 1.82) is 0 Å². The summed E-state index contributed by atoms with van der Waals surface area (Å²) in [6.07, 6.45) is 9.08. The molecule has 0 amide bonds.